The van der Waals surface area contributed by atoms with Gasteiger partial charge in [0.05, 0.1) is 5.69 Å². The number of rotatable bonds is 5. The van der Waals surface area contributed by atoms with Crippen LogP contribution in [0.25, 0.3) is 10.6 Å². The maximum Gasteiger partial charge on any atom is 0.137 e. The van der Waals surface area contributed by atoms with Gasteiger partial charge in [-0.3, -0.25) is 9.58 Å². The summed E-state index contributed by atoms with van der Waals surface area (Å²) in [6.07, 6.45) is 5.95. The van der Waals surface area contributed by atoms with Crippen molar-refractivity contribution < 1.29 is 0 Å². The Morgan fingerprint density at radius 1 is 1.30 bits per heavy atom. The standard InChI is InChI=1S/C16H19N5S2/c1-2-13(7-21-12-17-11-18-21)6-20(4-1)8-15-10-23-16(19-15)14-3-5-22-9-14/h3,5,9-13H,1-2,4,6-8H2/t13-/m1/s1. The lowest BCUT2D eigenvalue weighted by atomic mass is 9.98. The Balaban J connectivity index is 1.37. The number of nitrogens with zero attached hydrogens (tertiary/aromatic N) is 5. The summed E-state index contributed by atoms with van der Waals surface area (Å²) in [5.41, 5.74) is 2.44. The van der Waals surface area contributed by atoms with E-state index in [-0.39, 0.29) is 0 Å². The molecule has 3 aromatic rings. The normalized spacial score (nSPS) is 19.2. The quantitative estimate of drug-likeness (QED) is 0.711. The molecule has 0 aromatic carbocycles. The molecule has 0 N–H and O–H groups in total. The van der Waals surface area contributed by atoms with Gasteiger partial charge in [0, 0.05) is 36.0 Å². The molecule has 3 aromatic heterocycles. The fourth-order valence-electron chi connectivity index (χ4n) is 3.16. The van der Waals surface area contributed by atoms with Crippen molar-refractivity contribution in [2.24, 2.45) is 5.92 Å². The lowest BCUT2D eigenvalue weighted by Crippen LogP contribution is -2.36. The molecule has 0 saturated carbocycles. The molecule has 0 aliphatic carbocycles. The van der Waals surface area contributed by atoms with Gasteiger partial charge in [-0.05, 0) is 36.8 Å². The number of hydrogen-bond donors (Lipinski definition) is 0. The zero-order valence-corrected chi connectivity index (χ0v) is 14.5. The van der Waals surface area contributed by atoms with Crippen molar-refractivity contribution in [2.45, 2.75) is 25.9 Å². The molecule has 1 atom stereocenters. The monoisotopic (exact) mass is 345 g/mol. The second-order valence-corrected chi connectivity index (χ2v) is 7.66. The molecule has 0 amide bonds. The zero-order chi connectivity index (χ0) is 15.5. The topological polar surface area (TPSA) is 46.8 Å². The molecule has 1 saturated heterocycles. The van der Waals surface area contributed by atoms with E-state index in [1.54, 1.807) is 29.0 Å². The van der Waals surface area contributed by atoms with Crippen molar-refractivity contribution in [1.82, 2.24) is 24.6 Å². The summed E-state index contributed by atoms with van der Waals surface area (Å²) in [5, 5.41) is 11.8. The highest BCUT2D eigenvalue weighted by molar-refractivity contribution is 7.14. The molecule has 4 heterocycles. The molecule has 23 heavy (non-hydrogen) atoms. The minimum absolute atomic E-state index is 0.653. The molecule has 0 radical (unpaired) electrons. The first kappa shape index (κ1) is 15.0. The van der Waals surface area contributed by atoms with Crippen LogP contribution in [-0.4, -0.2) is 37.7 Å². The molecule has 0 unspecified atom stereocenters. The van der Waals surface area contributed by atoms with Gasteiger partial charge in [-0.25, -0.2) is 9.97 Å². The van der Waals surface area contributed by atoms with E-state index in [4.69, 9.17) is 4.98 Å². The molecular weight excluding hydrogens is 326 g/mol. The van der Waals surface area contributed by atoms with E-state index in [1.807, 2.05) is 11.0 Å². The number of hydrogen-bond acceptors (Lipinski definition) is 6. The van der Waals surface area contributed by atoms with Crippen LogP contribution in [0, 0.1) is 5.92 Å². The Morgan fingerprint density at radius 2 is 2.30 bits per heavy atom. The smallest absolute Gasteiger partial charge is 0.137 e. The number of likely N-dealkylation sites (tertiary alicyclic amines) is 1. The average Bonchev–Trinajstić information content (AvgIpc) is 3.30. The van der Waals surface area contributed by atoms with Gasteiger partial charge in [0.25, 0.3) is 0 Å². The fraction of sp³-hybridized carbons (Fsp3) is 0.438. The molecule has 1 fully saturated rings. The van der Waals surface area contributed by atoms with Gasteiger partial charge in [-0.15, -0.1) is 11.3 Å². The molecule has 120 valence electrons. The highest BCUT2D eigenvalue weighted by Gasteiger charge is 2.21. The highest BCUT2D eigenvalue weighted by Crippen LogP contribution is 2.27. The molecule has 1 aliphatic heterocycles. The van der Waals surface area contributed by atoms with Gasteiger partial charge in [-0.1, -0.05) is 0 Å². The van der Waals surface area contributed by atoms with Crippen molar-refractivity contribution in [2.75, 3.05) is 13.1 Å². The lowest BCUT2D eigenvalue weighted by molar-refractivity contribution is 0.152. The van der Waals surface area contributed by atoms with Crippen LogP contribution in [0.15, 0.2) is 34.9 Å². The van der Waals surface area contributed by atoms with Crippen molar-refractivity contribution in [3.05, 3.63) is 40.6 Å². The second-order valence-electron chi connectivity index (χ2n) is 6.02. The van der Waals surface area contributed by atoms with Crippen LogP contribution >= 0.6 is 22.7 Å². The number of thiazole rings is 1. The van der Waals surface area contributed by atoms with E-state index in [0.29, 0.717) is 5.92 Å². The third-order valence-corrected chi connectivity index (χ3v) is 5.84. The van der Waals surface area contributed by atoms with Crippen molar-refractivity contribution >= 4 is 22.7 Å². The van der Waals surface area contributed by atoms with Crippen molar-refractivity contribution in [3.63, 3.8) is 0 Å². The average molecular weight is 345 g/mol. The summed E-state index contributed by atoms with van der Waals surface area (Å²) in [6, 6.07) is 2.14. The number of aromatic nitrogens is 4. The first-order valence-electron chi connectivity index (χ1n) is 7.88. The predicted molar refractivity (Wildman–Crippen MR) is 93.5 cm³/mol. The van der Waals surface area contributed by atoms with Crippen molar-refractivity contribution in [3.8, 4) is 10.6 Å². The van der Waals surface area contributed by atoms with Crippen LogP contribution in [-0.2, 0) is 13.1 Å². The van der Waals surface area contributed by atoms with Crippen LogP contribution in [0.2, 0.25) is 0 Å². The van der Waals surface area contributed by atoms with E-state index in [1.165, 1.54) is 30.6 Å². The van der Waals surface area contributed by atoms with Crippen LogP contribution in [0.1, 0.15) is 18.5 Å². The van der Waals surface area contributed by atoms with Gasteiger partial charge in [-0.2, -0.15) is 16.4 Å². The largest absolute Gasteiger partial charge is 0.297 e. The van der Waals surface area contributed by atoms with E-state index >= 15 is 0 Å². The molecule has 1 aliphatic rings. The van der Waals surface area contributed by atoms with Gasteiger partial charge < -0.3 is 0 Å². The Morgan fingerprint density at radius 3 is 3.13 bits per heavy atom. The van der Waals surface area contributed by atoms with E-state index < -0.39 is 0 Å². The lowest BCUT2D eigenvalue weighted by Gasteiger charge is -2.32. The summed E-state index contributed by atoms with van der Waals surface area (Å²) in [5.74, 6) is 0.653. The molecule has 4 rings (SSSR count). The predicted octanol–water partition coefficient (Wildman–Crippen LogP) is 3.38. The maximum atomic E-state index is 4.80. The minimum Gasteiger partial charge on any atom is -0.297 e. The zero-order valence-electron chi connectivity index (χ0n) is 12.8. The van der Waals surface area contributed by atoms with Crippen LogP contribution in [0.4, 0.5) is 0 Å². The molecular formula is C16H19N5S2. The summed E-state index contributed by atoms with van der Waals surface area (Å²) in [7, 11) is 0. The maximum absolute atomic E-state index is 4.80. The highest BCUT2D eigenvalue weighted by atomic mass is 32.1. The van der Waals surface area contributed by atoms with Gasteiger partial charge in [0.1, 0.15) is 17.7 Å². The van der Waals surface area contributed by atoms with Gasteiger partial charge >= 0.3 is 0 Å². The van der Waals surface area contributed by atoms with Crippen LogP contribution in [0.3, 0.4) is 0 Å². The molecule has 7 heteroatoms. The van der Waals surface area contributed by atoms with E-state index in [2.05, 4.69) is 37.2 Å². The van der Waals surface area contributed by atoms with Crippen LogP contribution < -0.4 is 0 Å². The molecule has 5 nitrogen and oxygen atoms in total. The summed E-state index contributed by atoms with van der Waals surface area (Å²) in [6.45, 7) is 4.20. The second kappa shape index (κ2) is 6.90. The van der Waals surface area contributed by atoms with E-state index in [0.717, 1.165) is 24.6 Å². The Kier molecular flexibility index (Phi) is 4.50. The first-order valence-corrected chi connectivity index (χ1v) is 9.71. The summed E-state index contributed by atoms with van der Waals surface area (Å²) >= 11 is 3.47. The van der Waals surface area contributed by atoms with Crippen molar-refractivity contribution in [1.29, 1.82) is 0 Å². The fourth-order valence-corrected chi connectivity index (χ4v) is 4.69. The Hall–Kier alpha value is -1.57. The van der Waals surface area contributed by atoms with Gasteiger partial charge in [0.15, 0.2) is 0 Å². The Labute approximate surface area is 143 Å². The van der Waals surface area contributed by atoms with E-state index in [9.17, 15) is 0 Å². The molecule has 0 bridgehead atoms. The first-order chi connectivity index (χ1) is 11.4. The van der Waals surface area contributed by atoms with Gasteiger partial charge in [0.2, 0.25) is 0 Å². The molecule has 0 spiro atoms. The summed E-state index contributed by atoms with van der Waals surface area (Å²) < 4.78 is 1.95. The number of thiophene rings is 1. The van der Waals surface area contributed by atoms with Crippen LogP contribution in [0.5, 0.6) is 0 Å². The summed E-state index contributed by atoms with van der Waals surface area (Å²) in [4.78, 5) is 11.4. The number of piperidine rings is 1. The minimum atomic E-state index is 0.653. The SMILES string of the molecule is c1ncn(C[C@@H]2CCCN(Cc3csc(-c4ccsc4)n3)C2)n1. The third-order valence-electron chi connectivity index (χ3n) is 4.22. The third kappa shape index (κ3) is 3.68. The Bertz CT molecular complexity index is 720.